The van der Waals surface area contributed by atoms with E-state index in [9.17, 15) is 5.21 Å². The maximum absolute atomic E-state index is 11.3. The molecule has 0 saturated carbocycles. The summed E-state index contributed by atoms with van der Waals surface area (Å²) in [5, 5.41) is 24.1. The van der Waals surface area contributed by atoms with E-state index in [1.54, 1.807) is 27.2 Å². The minimum absolute atomic E-state index is 0.382. The highest BCUT2D eigenvalue weighted by Crippen LogP contribution is 2.35. The fraction of sp³-hybridized carbons (Fsp3) is 0.333. The Bertz CT molecular complexity index is 522. The van der Waals surface area contributed by atoms with Gasteiger partial charge in [0, 0.05) is 32.4 Å². The van der Waals surface area contributed by atoms with Crippen LogP contribution >= 0.6 is 0 Å². The summed E-state index contributed by atoms with van der Waals surface area (Å²) in [6, 6.07) is 1.69. The van der Waals surface area contributed by atoms with Gasteiger partial charge < -0.3 is 21.2 Å². The fourth-order valence-electron chi connectivity index (χ4n) is 1.71. The van der Waals surface area contributed by atoms with Gasteiger partial charge in [-0.3, -0.25) is 4.63 Å². The van der Waals surface area contributed by atoms with Gasteiger partial charge in [-0.1, -0.05) is 0 Å². The lowest BCUT2D eigenvalue weighted by Crippen LogP contribution is -2.22. The molecule has 0 atom stereocenters. The standard InChI is InChI=1S/C9H13N5O2/c1-10-5-4-6-8(13-16-14(6)15)9(12-3)7(5)11-2/h4,10-12H,1-3H3. The molecule has 7 nitrogen and oxygen atoms in total. The van der Waals surface area contributed by atoms with E-state index in [1.165, 1.54) is 0 Å². The SMILES string of the molecule is CNc1cc2c(no[n+]2[O-])c(NC)c1NC. The summed E-state index contributed by atoms with van der Waals surface area (Å²) in [6.07, 6.45) is 0. The van der Waals surface area contributed by atoms with E-state index >= 15 is 0 Å². The van der Waals surface area contributed by atoms with Crippen molar-refractivity contribution in [1.82, 2.24) is 5.16 Å². The Labute approximate surface area is 92.0 Å². The highest BCUT2D eigenvalue weighted by Gasteiger charge is 2.20. The van der Waals surface area contributed by atoms with Crippen molar-refractivity contribution in [2.24, 2.45) is 0 Å². The summed E-state index contributed by atoms with van der Waals surface area (Å²) < 4.78 is 4.57. The van der Waals surface area contributed by atoms with Crippen LogP contribution in [-0.4, -0.2) is 26.3 Å². The summed E-state index contributed by atoms with van der Waals surface area (Å²) >= 11 is 0. The van der Waals surface area contributed by atoms with E-state index in [2.05, 4.69) is 25.7 Å². The van der Waals surface area contributed by atoms with Crippen LogP contribution in [0, 0.1) is 5.21 Å². The second-order valence-corrected chi connectivity index (χ2v) is 3.22. The topological polar surface area (TPSA) is 89.1 Å². The molecule has 2 rings (SSSR count). The first-order chi connectivity index (χ1) is 7.72. The molecule has 7 heteroatoms. The number of benzene rings is 1. The highest BCUT2D eigenvalue weighted by atomic mass is 16.8. The van der Waals surface area contributed by atoms with Gasteiger partial charge in [0.1, 0.15) is 5.69 Å². The molecule has 86 valence electrons. The molecule has 0 saturated heterocycles. The third kappa shape index (κ3) is 1.28. The van der Waals surface area contributed by atoms with Crippen molar-refractivity contribution in [3.8, 4) is 0 Å². The van der Waals surface area contributed by atoms with E-state index in [0.29, 0.717) is 15.9 Å². The molecule has 0 bridgehead atoms. The third-order valence-electron chi connectivity index (χ3n) is 2.45. The van der Waals surface area contributed by atoms with Gasteiger partial charge in [0.15, 0.2) is 0 Å². The first-order valence-corrected chi connectivity index (χ1v) is 4.82. The molecule has 0 aliphatic heterocycles. The van der Waals surface area contributed by atoms with E-state index in [-0.39, 0.29) is 0 Å². The van der Waals surface area contributed by atoms with Crippen LogP contribution in [0.3, 0.4) is 0 Å². The van der Waals surface area contributed by atoms with E-state index in [4.69, 9.17) is 0 Å². The maximum atomic E-state index is 11.3. The van der Waals surface area contributed by atoms with Gasteiger partial charge in [-0.25, -0.2) is 0 Å². The van der Waals surface area contributed by atoms with Crippen LogP contribution < -0.4 is 20.9 Å². The number of rotatable bonds is 3. The Morgan fingerprint density at radius 1 is 1.19 bits per heavy atom. The highest BCUT2D eigenvalue weighted by molar-refractivity contribution is 6.00. The van der Waals surface area contributed by atoms with Gasteiger partial charge in [-0.05, 0) is 4.90 Å². The molecule has 0 aliphatic carbocycles. The number of aromatic nitrogens is 2. The van der Waals surface area contributed by atoms with E-state index < -0.39 is 0 Å². The largest absolute Gasteiger partial charge is 0.386 e. The summed E-state index contributed by atoms with van der Waals surface area (Å²) in [5.74, 6) is 0. The lowest BCUT2D eigenvalue weighted by Gasteiger charge is -2.12. The zero-order valence-electron chi connectivity index (χ0n) is 9.29. The Balaban J connectivity index is 2.83. The van der Waals surface area contributed by atoms with Gasteiger partial charge >= 0.3 is 0 Å². The van der Waals surface area contributed by atoms with Crippen LogP contribution in [0.4, 0.5) is 17.1 Å². The van der Waals surface area contributed by atoms with Crippen LogP contribution in [0.5, 0.6) is 0 Å². The molecule has 0 spiro atoms. The van der Waals surface area contributed by atoms with Crippen molar-refractivity contribution in [3.63, 3.8) is 0 Å². The molecule has 0 fully saturated rings. The molecule has 0 radical (unpaired) electrons. The molecule has 0 aliphatic rings. The van der Waals surface area contributed by atoms with Gasteiger partial charge in [-0.2, -0.15) is 0 Å². The Kier molecular flexibility index (Phi) is 2.43. The quantitative estimate of drug-likeness (QED) is 0.660. The second-order valence-electron chi connectivity index (χ2n) is 3.22. The van der Waals surface area contributed by atoms with Crippen molar-refractivity contribution in [1.29, 1.82) is 0 Å². The Morgan fingerprint density at radius 3 is 2.44 bits per heavy atom. The smallest absolute Gasteiger partial charge is 0.273 e. The van der Waals surface area contributed by atoms with Crippen LogP contribution in [0.15, 0.2) is 10.7 Å². The van der Waals surface area contributed by atoms with E-state index in [0.717, 1.165) is 17.1 Å². The number of nitrogens with one attached hydrogen (secondary N) is 3. The first kappa shape index (κ1) is 10.3. The summed E-state index contributed by atoms with van der Waals surface area (Å²) in [5.41, 5.74) is 3.25. The molecule has 2 aromatic rings. The molecule has 3 N–H and O–H groups in total. The number of anilines is 3. The summed E-state index contributed by atoms with van der Waals surface area (Å²) in [7, 11) is 5.34. The monoisotopic (exact) mass is 223 g/mol. The van der Waals surface area contributed by atoms with Crippen molar-refractivity contribution < 1.29 is 9.53 Å². The molecule has 1 aromatic heterocycles. The summed E-state index contributed by atoms with van der Waals surface area (Å²) in [6.45, 7) is 0. The van der Waals surface area contributed by atoms with Gasteiger partial charge in [-0.15, -0.1) is 0 Å². The molecule has 16 heavy (non-hydrogen) atoms. The van der Waals surface area contributed by atoms with Crippen molar-refractivity contribution in [3.05, 3.63) is 11.3 Å². The number of hydrogen-bond donors (Lipinski definition) is 3. The average molecular weight is 223 g/mol. The fourth-order valence-corrected chi connectivity index (χ4v) is 1.71. The third-order valence-corrected chi connectivity index (χ3v) is 2.45. The second kappa shape index (κ2) is 3.76. The molecule has 0 unspecified atom stereocenters. The average Bonchev–Trinajstić information content (AvgIpc) is 2.68. The normalized spacial score (nSPS) is 10.4. The van der Waals surface area contributed by atoms with Gasteiger partial charge in [0.2, 0.25) is 5.52 Å². The lowest BCUT2D eigenvalue weighted by atomic mass is 10.2. The Morgan fingerprint density at radius 2 is 1.88 bits per heavy atom. The number of hydrogen-bond acceptors (Lipinski definition) is 6. The van der Waals surface area contributed by atoms with Crippen molar-refractivity contribution >= 4 is 28.1 Å². The van der Waals surface area contributed by atoms with Crippen LogP contribution in [-0.2, 0) is 0 Å². The minimum Gasteiger partial charge on any atom is -0.386 e. The van der Waals surface area contributed by atoms with Gasteiger partial charge in [0.05, 0.1) is 11.4 Å². The number of fused-ring (bicyclic) bond motifs is 1. The maximum Gasteiger partial charge on any atom is 0.273 e. The van der Waals surface area contributed by atoms with Gasteiger partial charge in [0.25, 0.3) is 5.52 Å². The zero-order chi connectivity index (χ0) is 11.7. The molecular formula is C9H13N5O2. The minimum atomic E-state index is 0.382. The van der Waals surface area contributed by atoms with Crippen molar-refractivity contribution in [2.45, 2.75) is 0 Å². The lowest BCUT2D eigenvalue weighted by molar-refractivity contribution is -0.782. The zero-order valence-corrected chi connectivity index (χ0v) is 9.29. The van der Waals surface area contributed by atoms with Crippen LogP contribution in [0.25, 0.3) is 11.0 Å². The van der Waals surface area contributed by atoms with Crippen LogP contribution in [0.1, 0.15) is 0 Å². The van der Waals surface area contributed by atoms with E-state index in [1.807, 2.05) is 0 Å². The summed E-state index contributed by atoms with van der Waals surface area (Å²) in [4.78, 5) is 0.385. The molecule has 1 aromatic carbocycles. The molecule has 0 amide bonds. The predicted octanol–water partition coefficient (Wildman–Crippen LogP) is 0.586. The Hall–Kier alpha value is -2.18. The van der Waals surface area contributed by atoms with Crippen molar-refractivity contribution in [2.75, 3.05) is 37.1 Å². The predicted molar refractivity (Wildman–Crippen MR) is 61.6 cm³/mol. The molecule has 1 heterocycles. The number of nitrogens with zero attached hydrogens (tertiary/aromatic N) is 2. The molecular weight excluding hydrogens is 210 g/mol. The van der Waals surface area contributed by atoms with Crippen LogP contribution in [0.2, 0.25) is 0 Å². The first-order valence-electron chi connectivity index (χ1n) is 4.82.